The SMILES string of the molecule is O=C(O)c1cccc(Cl)c1OCC1CCC2(CCCC2)O1. The van der Waals surface area contributed by atoms with Crippen molar-refractivity contribution in [2.45, 2.75) is 50.2 Å². The van der Waals surface area contributed by atoms with Gasteiger partial charge in [0, 0.05) is 0 Å². The number of carboxylic acids is 1. The molecule has 1 aromatic rings. The standard InChI is InChI=1S/C16H19ClO4/c17-13-5-3-4-12(15(18)19)14(13)20-10-11-6-9-16(21-11)7-1-2-8-16/h3-5,11H,1-2,6-10H2,(H,18,19). The average molecular weight is 311 g/mol. The number of aromatic carboxylic acids is 1. The Morgan fingerprint density at radius 3 is 2.86 bits per heavy atom. The Balaban J connectivity index is 1.65. The van der Waals surface area contributed by atoms with E-state index in [1.807, 2.05) is 0 Å². The lowest BCUT2D eigenvalue weighted by Crippen LogP contribution is -2.27. The summed E-state index contributed by atoms with van der Waals surface area (Å²) in [6.45, 7) is 0.353. The molecule has 1 atom stereocenters. The first-order valence-electron chi connectivity index (χ1n) is 7.42. The second-order valence-electron chi connectivity index (χ2n) is 5.90. The Bertz CT molecular complexity index is 537. The zero-order valence-electron chi connectivity index (χ0n) is 11.8. The maximum absolute atomic E-state index is 11.2. The quantitative estimate of drug-likeness (QED) is 0.916. The van der Waals surface area contributed by atoms with Crippen LogP contribution >= 0.6 is 11.6 Å². The highest BCUT2D eigenvalue weighted by Gasteiger charge is 2.42. The van der Waals surface area contributed by atoms with Gasteiger partial charge in [-0.2, -0.15) is 0 Å². The van der Waals surface area contributed by atoms with Crippen molar-refractivity contribution in [3.8, 4) is 5.75 Å². The number of benzene rings is 1. The van der Waals surface area contributed by atoms with E-state index in [2.05, 4.69) is 0 Å². The van der Waals surface area contributed by atoms with Gasteiger partial charge in [0.25, 0.3) is 0 Å². The third kappa shape index (κ3) is 3.01. The zero-order valence-corrected chi connectivity index (χ0v) is 12.6. The summed E-state index contributed by atoms with van der Waals surface area (Å²) >= 11 is 6.05. The van der Waals surface area contributed by atoms with E-state index in [4.69, 9.17) is 21.1 Å². The molecular formula is C16H19ClO4. The molecule has 2 aliphatic rings. The predicted molar refractivity (Wildman–Crippen MR) is 79.2 cm³/mol. The maximum atomic E-state index is 11.2. The van der Waals surface area contributed by atoms with Crippen LogP contribution in [0.4, 0.5) is 0 Å². The van der Waals surface area contributed by atoms with Gasteiger partial charge in [-0.1, -0.05) is 30.5 Å². The van der Waals surface area contributed by atoms with Gasteiger partial charge < -0.3 is 14.6 Å². The highest BCUT2D eigenvalue weighted by atomic mass is 35.5. The molecular weight excluding hydrogens is 292 g/mol. The molecule has 1 unspecified atom stereocenters. The summed E-state index contributed by atoms with van der Waals surface area (Å²) in [7, 11) is 0. The van der Waals surface area contributed by atoms with Crippen LogP contribution in [0.2, 0.25) is 5.02 Å². The van der Waals surface area contributed by atoms with Gasteiger partial charge in [0.2, 0.25) is 0 Å². The normalized spacial score (nSPS) is 23.6. The number of para-hydroxylation sites is 1. The van der Waals surface area contributed by atoms with E-state index in [1.54, 1.807) is 12.1 Å². The molecule has 21 heavy (non-hydrogen) atoms. The lowest BCUT2D eigenvalue weighted by molar-refractivity contribution is -0.0509. The van der Waals surface area contributed by atoms with Crippen molar-refractivity contribution in [2.75, 3.05) is 6.61 Å². The molecule has 5 heteroatoms. The number of ether oxygens (including phenoxy) is 2. The Morgan fingerprint density at radius 1 is 1.38 bits per heavy atom. The summed E-state index contributed by atoms with van der Waals surface area (Å²) in [5, 5.41) is 9.50. The molecule has 114 valence electrons. The third-order valence-electron chi connectivity index (χ3n) is 4.46. The minimum absolute atomic E-state index is 0.0287. The summed E-state index contributed by atoms with van der Waals surface area (Å²) in [5.74, 6) is -0.797. The van der Waals surface area contributed by atoms with E-state index in [1.165, 1.54) is 18.9 Å². The van der Waals surface area contributed by atoms with E-state index in [0.29, 0.717) is 11.6 Å². The van der Waals surface area contributed by atoms with E-state index in [-0.39, 0.29) is 23.0 Å². The van der Waals surface area contributed by atoms with Crippen molar-refractivity contribution in [1.82, 2.24) is 0 Å². The van der Waals surface area contributed by atoms with Gasteiger partial charge in [0.15, 0.2) is 5.75 Å². The largest absolute Gasteiger partial charge is 0.488 e. The smallest absolute Gasteiger partial charge is 0.339 e. The number of hydrogen-bond acceptors (Lipinski definition) is 3. The van der Waals surface area contributed by atoms with Crippen LogP contribution in [0.25, 0.3) is 0 Å². The topological polar surface area (TPSA) is 55.8 Å². The summed E-state index contributed by atoms with van der Waals surface area (Å²) in [6, 6.07) is 4.74. The van der Waals surface area contributed by atoms with Gasteiger partial charge >= 0.3 is 5.97 Å². The molecule has 1 heterocycles. The maximum Gasteiger partial charge on any atom is 0.339 e. The molecule has 0 bridgehead atoms. The third-order valence-corrected chi connectivity index (χ3v) is 4.76. The molecule has 0 radical (unpaired) electrons. The van der Waals surface area contributed by atoms with E-state index in [0.717, 1.165) is 25.7 Å². The molecule has 0 aromatic heterocycles. The molecule has 1 saturated heterocycles. The van der Waals surface area contributed by atoms with Crippen molar-refractivity contribution < 1.29 is 19.4 Å². The number of carbonyl (C=O) groups is 1. The Hall–Kier alpha value is -1.26. The van der Waals surface area contributed by atoms with Crippen LogP contribution in [0.3, 0.4) is 0 Å². The molecule has 2 fully saturated rings. The first-order valence-corrected chi connectivity index (χ1v) is 7.80. The van der Waals surface area contributed by atoms with Gasteiger partial charge in [-0.25, -0.2) is 4.79 Å². The molecule has 1 spiro atoms. The van der Waals surface area contributed by atoms with Crippen molar-refractivity contribution in [3.63, 3.8) is 0 Å². The molecule has 1 N–H and O–H groups in total. The zero-order chi connectivity index (χ0) is 14.9. The van der Waals surface area contributed by atoms with Crippen LogP contribution in [0, 0.1) is 0 Å². The number of hydrogen-bond donors (Lipinski definition) is 1. The molecule has 1 aliphatic carbocycles. The van der Waals surface area contributed by atoms with Crippen LogP contribution in [0.5, 0.6) is 5.75 Å². The van der Waals surface area contributed by atoms with E-state index >= 15 is 0 Å². The molecule has 4 nitrogen and oxygen atoms in total. The molecule has 1 aromatic carbocycles. The Morgan fingerprint density at radius 2 is 2.14 bits per heavy atom. The van der Waals surface area contributed by atoms with E-state index in [9.17, 15) is 9.90 Å². The van der Waals surface area contributed by atoms with Gasteiger partial charge in [-0.05, 0) is 37.8 Å². The predicted octanol–water partition coefficient (Wildman–Crippen LogP) is 3.91. The fourth-order valence-electron chi connectivity index (χ4n) is 3.40. The minimum atomic E-state index is -1.04. The van der Waals surface area contributed by atoms with Crippen LogP contribution < -0.4 is 4.74 Å². The Kier molecular flexibility index (Phi) is 4.09. The van der Waals surface area contributed by atoms with Gasteiger partial charge in [-0.15, -0.1) is 0 Å². The highest BCUT2D eigenvalue weighted by molar-refractivity contribution is 6.32. The Labute approximate surface area is 129 Å². The summed E-state index contributed by atoms with van der Waals surface area (Å²) in [5.41, 5.74) is 0.153. The van der Waals surface area contributed by atoms with Gasteiger partial charge in [0.05, 0.1) is 16.7 Å². The second kappa shape index (κ2) is 5.85. The van der Waals surface area contributed by atoms with Crippen LogP contribution in [-0.4, -0.2) is 29.4 Å². The second-order valence-corrected chi connectivity index (χ2v) is 6.31. The van der Waals surface area contributed by atoms with Crippen molar-refractivity contribution in [3.05, 3.63) is 28.8 Å². The van der Waals surface area contributed by atoms with E-state index < -0.39 is 5.97 Å². The molecule has 1 aliphatic heterocycles. The monoisotopic (exact) mass is 310 g/mol. The summed E-state index contributed by atoms with van der Waals surface area (Å²) < 4.78 is 11.8. The molecule has 3 rings (SSSR count). The van der Waals surface area contributed by atoms with Gasteiger partial charge in [0.1, 0.15) is 12.2 Å². The minimum Gasteiger partial charge on any atom is -0.488 e. The average Bonchev–Trinajstić information content (AvgIpc) is 3.08. The number of halogens is 1. The first kappa shape index (κ1) is 14.7. The number of carboxylic acid groups (broad SMARTS) is 1. The first-order chi connectivity index (χ1) is 10.1. The van der Waals surface area contributed by atoms with Crippen molar-refractivity contribution >= 4 is 17.6 Å². The van der Waals surface area contributed by atoms with Gasteiger partial charge in [-0.3, -0.25) is 0 Å². The van der Waals surface area contributed by atoms with Crippen LogP contribution in [0.1, 0.15) is 48.9 Å². The highest BCUT2D eigenvalue weighted by Crippen LogP contribution is 2.43. The fourth-order valence-corrected chi connectivity index (χ4v) is 3.63. The van der Waals surface area contributed by atoms with Crippen LogP contribution in [0.15, 0.2) is 18.2 Å². The lowest BCUT2D eigenvalue weighted by atomic mass is 9.98. The number of rotatable bonds is 4. The van der Waals surface area contributed by atoms with Crippen molar-refractivity contribution in [2.24, 2.45) is 0 Å². The lowest BCUT2D eigenvalue weighted by Gasteiger charge is -2.24. The fraction of sp³-hybridized carbons (Fsp3) is 0.562. The molecule has 1 saturated carbocycles. The summed E-state index contributed by atoms with van der Waals surface area (Å²) in [6.07, 6.45) is 6.82. The van der Waals surface area contributed by atoms with Crippen LogP contribution in [-0.2, 0) is 4.74 Å². The molecule has 0 amide bonds. The summed E-state index contributed by atoms with van der Waals surface area (Å²) in [4.78, 5) is 11.2. The van der Waals surface area contributed by atoms with Crippen molar-refractivity contribution in [1.29, 1.82) is 0 Å².